The molecule has 0 unspecified atom stereocenters. The number of aliphatic carboxylic acids is 1. The SMILES string of the molecule is CSCCCCCn1c(C)nnc1SCC(=O)O. The monoisotopic (exact) mass is 289 g/mol. The van der Waals surface area contributed by atoms with E-state index in [4.69, 9.17) is 5.11 Å². The lowest BCUT2D eigenvalue weighted by molar-refractivity contribution is -0.133. The predicted octanol–water partition coefficient (Wildman–Crippen LogP) is 2.30. The molecule has 18 heavy (non-hydrogen) atoms. The largest absolute Gasteiger partial charge is 0.481 e. The highest BCUT2D eigenvalue weighted by molar-refractivity contribution is 7.99. The van der Waals surface area contributed by atoms with E-state index in [0.717, 1.165) is 18.8 Å². The summed E-state index contributed by atoms with van der Waals surface area (Å²) in [5.74, 6) is 1.26. The van der Waals surface area contributed by atoms with Gasteiger partial charge in [-0.3, -0.25) is 4.79 Å². The molecule has 1 aromatic rings. The minimum Gasteiger partial charge on any atom is -0.481 e. The minimum atomic E-state index is -0.827. The van der Waals surface area contributed by atoms with Gasteiger partial charge in [0, 0.05) is 6.54 Å². The fraction of sp³-hybridized carbons (Fsp3) is 0.727. The molecule has 1 N–H and O–H groups in total. The van der Waals surface area contributed by atoms with E-state index in [0.29, 0.717) is 5.16 Å². The highest BCUT2D eigenvalue weighted by Gasteiger charge is 2.10. The molecule has 0 saturated heterocycles. The summed E-state index contributed by atoms with van der Waals surface area (Å²) in [4.78, 5) is 10.5. The number of rotatable bonds is 9. The number of carbonyl (C=O) groups is 1. The fourth-order valence-electron chi connectivity index (χ4n) is 1.55. The highest BCUT2D eigenvalue weighted by atomic mass is 32.2. The minimum absolute atomic E-state index is 0.0323. The Morgan fingerprint density at radius 3 is 2.78 bits per heavy atom. The average Bonchev–Trinajstić information content (AvgIpc) is 2.68. The normalized spacial score (nSPS) is 10.8. The lowest BCUT2D eigenvalue weighted by Gasteiger charge is -2.07. The standard InChI is InChI=1S/C11H19N3O2S2/c1-9-12-13-11(18-8-10(15)16)14(9)6-4-3-5-7-17-2/h3-8H2,1-2H3,(H,15,16). The van der Waals surface area contributed by atoms with Crippen molar-refractivity contribution in [2.45, 2.75) is 37.9 Å². The van der Waals surface area contributed by atoms with Gasteiger partial charge in [-0.1, -0.05) is 18.2 Å². The molecule has 5 nitrogen and oxygen atoms in total. The van der Waals surface area contributed by atoms with Crippen LogP contribution in [0, 0.1) is 6.92 Å². The van der Waals surface area contributed by atoms with E-state index in [1.54, 1.807) is 0 Å². The molecule has 0 spiro atoms. The number of carboxylic acids is 1. The lowest BCUT2D eigenvalue weighted by atomic mass is 10.2. The number of nitrogens with zero attached hydrogens (tertiary/aromatic N) is 3. The summed E-state index contributed by atoms with van der Waals surface area (Å²) in [5, 5.41) is 17.4. The number of aryl methyl sites for hydroxylation is 1. The molecule has 0 aliphatic heterocycles. The first-order valence-corrected chi connectivity index (χ1v) is 8.26. The van der Waals surface area contributed by atoms with E-state index < -0.39 is 5.97 Å². The average molecular weight is 289 g/mol. The van der Waals surface area contributed by atoms with Gasteiger partial charge in [0.1, 0.15) is 5.82 Å². The Morgan fingerprint density at radius 1 is 1.33 bits per heavy atom. The summed E-state index contributed by atoms with van der Waals surface area (Å²) in [6.45, 7) is 2.77. The zero-order chi connectivity index (χ0) is 13.4. The van der Waals surface area contributed by atoms with Crippen molar-refractivity contribution in [3.63, 3.8) is 0 Å². The van der Waals surface area contributed by atoms with Crippen LogP contribution in [0.5, 0.6) is 0 Å². The van der Waals surface area contributed by atoms with Crippen molar-refractivity contribution in [2.75, 3.05) is 17.8 Å². The molecule has 7 heteroatoms. The first-order chi connectivity index (χ1) is 8.65. The van der Waals surface area contributed by atoms with Gasteiger partial charge in [0.05, 0.1) is 5.75 Å². The van der Waals surface area contributed by atoms with Crippen LogP contribution in [0.3, 0.4) is 0 Å². The van der Waals surface area contributed by atoms with Gasteiger partial charge < -0.3 is 9.67 Å². The summed E-state index contributed by atoms with van der Waals surface area (Å²) in [5.41, 5.74) is 0. The Hall–Kier alpha value is -0.690. The summed E-state index contributed by atoms with van der Waals surface area (Å²) in [6.07, 6.45) is 5.60. The van der Waals surface area contributed by atoms with Crippen LogP contribution in [-0.2, 0) is 11.3 Å². The quantitative estimate of drug-likeness (QED) is 0.556. The molecule has 0 atom stereocenters. The van der Waals surface area contributed by atoms with Gasteiger partial charge in [0.25, 0.3) is 0 Å². The third-order valence-electron chi connectivity index (χ3n) is 2.46. The van der Waals surface area contributed by atoms with E-state index >= 15 is 0 Å². The summed E-state index contributed by atoms with van der Waals surface area (Å²) < 4.78 is 2.01. The maximum atomic E-state index is 10.5. The Bertz CT molecular complexity index is 382. The maximum Gasteiger partial charge on any atom is 0.313 e. The second kappa shape index (κ2) is 8.42. The number of hydrogen-bond acceptors (Lipinski definition) is 5. The van der Waals surface area contributed by atoms with E-state index in [-0.39, 0.29) is 5.75 Å². The molecule has 0 aromatic carbocycles. The molecule has 0 amide bonds. The van der Waals surface area contributed by atoms with E-state index in [9.17, 15) is 4.79 Å². The first kappa shape index (κ1) is 15.4. The lowest BCUT2D eigenvalue weighted by Crippen LogP contribution is -2.05. The molecular weight excluding hydrogens is 270 g/mol. The van der Waals surface area contributed by atoms with E-state index in [1.165, 1.54) is 30.4 Å². The number of hydrogen-bond donors (Lipinski definition) is 1. The zero-order valence-corrected chi connectivity index (χ0v) is 12.4. The topological polar surface area (TPSA) is 68.0 Å². The molecule has 102 valence electrons. The van der Waals surface area contributed by atoms with Gasteiger partial charge in [0.2, 0.25) is 0 Å². The van der Waals surface area contributed by atoms with Crippen LogP contribution in [0.4, 0.5) is 0 Å². The molecule has 0 saturated carbocycles. The number of thioether (sulfide) groups is 2. The molecule has 0 fully saturated rings. The predicted molar refractivity (Wildman–Crippen MR) is 75.4 cm³/mol. The molecule has 0 aliphatic rings. The van der Waals surface area contributed by atoms with Crippen molar-refractivity contribution >= 4 is 29.5 Å². The van der Waals surface area contributed by atoms with Gasteiger partial charge >= 0.3 is 5.97 Å². The Kier molecular flexibility index (Phi) is 7.19. The van der Waals surface area contributed by atoms with Gasteiger partial charge in [-0.2, -0.15) is 11.8 Å². The molecule has 1 rings (SSSR count). The Balaban J connectivity index is 2.42. The van der Waals surface area contributed by atoms with Gasteiger partial charge in [-0.15, -0.1) is 10.2 Å². The molecule has 0 bridgehead atoms. The van der Waals surface area contributed by atoms with Crippen molar-refractivity contribution in [3.05, 3.63) is 5.82 Å². The summed E-state index contributed by atoms with van der Waals surface area (Å²) in [6, 6.07) is 0. The molecule has 1 aromatic heterocycles. The van der Waals surface area contributed by atoms with E-state index in [1.807, 2.05) is 23.3 Å². The summed E-state index contributed by atoms with van der Waals surface area (Å²) in [7, 11) is 0. The number of unbranched alkanes of at least 4 members (excludes halogenated alkanes) is 2. The van der Waals surface area contributed by atoms with Crippen molar-refractivity contribution < 1.29 is 9.90 Å². The van der Waals surface area contributed by atoms with E-state index in [2.05, 4.69) is 16.5 Å². The Morgan fingerprint density at radius 2 is 2.11 bits per heavy atom. The second-order valence-corrected chi connectivity index (χ2v) is 5.85. The molecule has 0 radical (unpaired) electrons. The molecule has 1 heterocycles. The second-order valence-electron chi connectivity index (χ2n) is 3.92. The van der Waals surface area contributed by atoms with Crippen LogP contribution in [0.1, 0.15) is 25.1 Å². The van der Waals surface area contributed by atoms with Crippen LogP contribution >= 0.6 is 23.5 Å². The molecular formula is C11H19N3O2S2. The van der Waals surface area contributed by atoms with Crippen molar-refractivity contribution in [2.24, 2.45) is 0 Å². The van der Waals surface area contributed by atoms with Gasteiger partial charge in [0.15, 0.2) is 5.16 Å². The Labute approximate surface area is 116 Å². The first-order valence-electron chi connectivity index (χ1n) is 5.88. The van der Waals surface area contributed by atoms with Crippen LogP contribution in [0.25, 0.3) is 0 Å². The van der Waals surface area contributed by atoms with Crippen LogP contribution in [0.15, 0.2) is 5.16 Å². The number of aromatic nitrogens is 3. The van der Waals surface area contributed by atoms with Crippen molar-refractivity contribution in [1.29, 1.82) is 0 Å². The third-order valence-corrected chi connectivity index (χ3v) is 4.11. The molecule has 0 aliphatic carbocycles. The smallest absolute Gasteiger partial charge is 0.313 e. The maximum absolute atomic E-state index is 10.5. The fourth-order valence-corrected chi connectivity index (χ4v) is 2.77. The third kappa shape index (κ3) is 5.30. The van der Waals surface area contributed by atoms with Crippen LogP contribution in [0.2, 0.25) is 0 Å². The van der Waals surface area contributed by atoms with Crippen LogP contribution in [-0.4, -0.2) is 43.6 Å². The van der Waals surface area contributed by atoms with Gasteiger partial charge in [-0.05, 0) is 31.8 Å². The summed E-state index contributed by atoms with van der Waals surface area (Å²) >= 11 is 3.10. The van der Waals surface area contributed by atoms with Gasteiger partial charge in [-0.25, -0.2) is 0 Å². The highest BCUT2D eigenvalue weighted by Crippen LogP contribution is 2.17. The van der Waals surface area contributed by atoms with Crippen molar-refractivity contribution in [1.82, 2.24) is 14.8 Å². The zero-order valence-electron chi connectivity index (χ0n) is 10.8. The number of carboxylic acid groups (broad SMARTS) is 1. The van der Waals surface area contributed by atoms with Crippen LogP contribution < -0.4 is 0 Å². The van der Waals surface area contributed by atoms with Crippen molar-refractivity contribution in [3.8, 4) is 0 Å².